The average molecular weight is 324 g/mol. The second-order valence-corrected chi connectivity index (χ2v) is 6.51. The summed E-state index contributed by atoms with van der Waals surface area (Å²) in [5.74, 6) is 0.279. The molecule has 0 fully saturated rings. The number of hydrogen-bond acceptors (Lipinski definition) is 2. The SMILES string of the molecule is CC(CCc1ccc(O)cc1)NC(=O)NC1CCc2ccccc21. The highest BCUT2D eigenvalue weighted by atomic mass is 16.3. The van der Waals surface area contributed by atoms with Gasteiger partial charge < -0.3 is 15.7 Å². The molecule has 24 heavy (non-hydrogen) atoms. The number of phenols is 1. The summed E-state index contributed by atoms with van der Waals surface area (Å²) in [5, 5.41) is 15.4. The molecule has 2 aromatic rings. The first-order chi connectivity index (χ1) is 11.6. The first-order valence-corrected chi connectivity index (χ1v) is 8.54. The van der Waals surface area contributed by atoms with Gasteiger partial charge in [0.15, 0.2) is 0 Å². The minimum Gasteiger partial charge on any atom is -0.508 e. The summed E-state index contributed by atoms with van der Waals surface area (Å²) in [4.78, 5) is 12.2. The van der Waals surface area contributed by atoms with Gasteiger partial charge in [0.25, 0.3) is 0 Å². The molecule has 0 aliphatic heterocycles. The van der Waals surface area contributed by atoms with Gasteiger partial charge in [0.1, 0.15) is 5.75 Å². The maximum absolute atomic E-state index is 12.2. The number of carbonyl (C=O) groups is 1. The van der Waals surface area contributed by atoms with Crippen LogP contribution in [0.2, 0.25) is 0 Å². The molecule has 2 aromatic carbocycles. The minimum atomic E-state index is -0.102. The van der Waals surface area contributed by atoms with Crippen LogP contribution in [0.15, 0.2) is 48.5 Å². The van der Waals surface area contributed by atoms with Gasteiger partial charge in [0, 0.05) is 6.04 Å². The number of aromatic hydroxyl groups is 1. The summed E-state index contributed by atoms with van der Waals surface area (Å²) in [6.45, 7) is 2.02. The fraction of sp³-hybridized carbons (Fsp3) is 0.350. The molecule has 2 unspecified atom stereocenters. The molecule has 1 aliphatic carbocycles. The molecule has 3 rings (SSSR count). The van der Waals surface area contributed by atoms with E-state index in [0.29, 0.717) is 0 Å². The Balaban J connectivity index is 1.46. The van der Waals surface area contributed by atoms with Crippen molar-refractivity contribution >= 4 is 6.03 Å². The zero-order valence-corrected chi connectivity index (χ0v) is 14.0. The minimum absolute atomic E-state index is 0.0930. The van der Waals surface area contributed by atoms with E-state index in [1.807, 2.05) is 31.2 Å². The average Bonchev–Trinajstić information content (AvgIpc) is 2.97. The van der Waals surface area contributed by atoms with E-state index in [1.54, 1.807) is 12.1 Å². The zero-order valence-electron chi connectivity index (χ0n) is 14.0. The number of amides is 2. The topological polar surface area (TPSA) is 61.4 Å². The number of aryl methyl sites for hydroxylation is 2. The van der Waals surface area contributed by atoms with E-state index in [1.165, 1.54) is 11.1 Å². The van der Waals surface area contributed by atoms with Gasteiger partial charge >= 0.3 is 6.03 Å². The lowest BCUT2D eigenvalue weighted by Crippen LogP contribution is -2.42. The molecular weight excluding hydrogens is 300 g/mol. The molecule has 4 heteroatoms. The van der Waals surface area contributed by atoms with Crippen LogP contribution in [0.3, 0.4) is 0 Å². The van der Waals surface area contributed by atoms with Crippen LogP contribution in [0.5, 0.6) is 5.75 Å². The maximum atomic E-state index is 12.2. The number of carbonyl (C=O) groups excluding carboxylic acids is 1. The van der Waals surface area contributed by atoms with Crippen LogP contribution in [0.25, 0.3) is 0 Å². The molecule has 126 valence electrons. The fourth-order valence-corrected chi connectivity index (χ4v) is 3.25. The molecule has 3 N–H and O–H groups in total. The number of fused-ring (bicyclic) bond motifs is 1. The van der Waals surface area contributed by atoms with Crippen molar-refractivity contribution in [3.63, 3.8) is 0 Å². The van der Waals surface area contributed by atoms with Crippen molar-refractivity contribution in [2.45, 2.75) is 44.7 Å². The predicted octanol–water partition coefficient (Wildman–Crippen LogP) is 3.70. The normalized spacial score (nSPS) is 17.1. The van der Waals surface area contributed by atoms with Crippen molar-refractivity contribution in [3.05, 3.63) is 65.2 Å². The molecule has 0 radical (unpaired) electrons. The molecule has 2 amide bonds. The molecule has 0 spiro atoms. The summed E-state index contributed by atoms with van der Waals surface area (Å²) >= 11 is 0. The lowest BCUT2D eigenvalue weighted by atomic mass is 10.1. The molecule has 1 aliphatic rings. The van der Waals surface area contributed by atoms with Crippen molar-refractivity contribution in [1.82, 2.24) is 10.6 Å². The van der Waals surface area contributed by atoms with Gasteiger partial charge in [0.2, 0.25) is 0 Å². The van der Waals surface area contributed by atoms with Crippen molar-refractivity contribution in [1.29, 1.82) is 0 Å². The fourth-order valence-electron chi connectivity index (χ4n) is 3.25. The van der Waals surface area contributed by atoms with Gasteiger partial charge in [-0.25, -0.2) is 4.79 Å². The monoisotopic (exact) mass is 324 g/mol. The van der Waals surface area contributed by atoms with Crippen molar-refractivity contribution in [2.75, 3.05) is 0 Å². The van der Waals surface area contributed by atoms with Crippen LogP contribution in [-0.2, 0) is 12.8 Å². The van der Waals surface area contributed by atoms with Gasteiger partial charge in [0.05, 0.1) is 6.04 Å². The Kier molecular flexibility index (Phi) is 5.04. The summed E-state index contributed by atoms with van der Waals surface area (Å²) < 4.78 is 0. The third-order valence-electron chi connectivity index (χ3n) is 4.62. The molecule has 0 aromatic heterocycles. The molecule has 0 saturated carbocycles. The number of urea groups is 1. The first-order valence-electron chi connectivity index (χ1n) is 8.54. The van der Waals surface area contributed by atoms with E-state index < -0.39 is 0 Å². The Morgan fingerprint density at radius 3 is 2.75 bits per heavy atom. The summed E-state index contributed by atoms with van der Waals surface area (Å²) in [5.41, 5.74) is 3.74. The van der Waals surface area contributed by atoms with Crippen LogP contribution < -0.4 is 10.6 Å². The number of nitrogens with one attached hydrogen (secondary N) is 2. The Bertz CT molecular complexity index is 697. The van der Waals surface area contributed by atoms with Crippen LogP contribution >= 0.6 is 0 Å². The largest absolute Gasteiger partial charge is 0.508 e. The molecule has 4 nitrogen and oxygen atoms in total. The Morgan fingerprint density at radius 2 is 1.96 bits per heavy atom. The number of phenolic OH excluding ortho intramolecular Hbond substituents is 1. The quantitative estimate of drug-likeness (QED) is 0.785. The van der Waals surface area contributed by atoms with E-state index in [4.69, 9.17) is 0 Å². The summed E-state index contributed by atoms with van der Waals surface area (Å²) in [6, 6.07) is 15.6. The maximum Gasteiger partial charge on any atom is 0.315 e. The Hall–Kier alpha value is -2.49. The Morgan fingerprint density at radius 1 is 1.21 bits per heavy atom. The van der Waals surface area contributed by atoms with E-state index in [0.717, 1.165) is 31.2 Å². The standard InChI is InChI=1S/C20H24N2O2/c1-14(6-7-15-8-11-17(23)12-9-15)21-20(24)22-19-13-10-16-4-2-3-5-18(16)19/h2-5,8-9,11-12,14,19,23H,6-7,10,13H2,1H3,(H2,21,22,24). The Labute approximate surface area is 142 Å². The van der Waals surface area contributed by atoms with Gasteiger partial charge in [-0.2, -0.15) is 0 Å². The van der Waals surface area contributed by atoms with E-state index >= 15 is 0 Å². The molecule has 0 saturated heterocycles. The predicted molar refractivity (Wildman–Crippen MR) is 95.1 cm³/mol. The number of hydrogen-bond donors (Lipinski definition) is 3. The highest BCUT2D eigenvalue weighted by molar-refractivity contribution is 5.75. The number of rotatable bonds is 5. The highest BCUT2D eigenvalue weighted by Gasteiger charge is 2.23. The molecule has 2 atom stereocenters. The van der Waals surface area contributed by atoms with E-state index in [2.05, 4.69) is 22.8 Å². The van der Waals surface area contributed by atoms with Gasteiger partial charge in [-0.15, -0.1) is 0 Å². The van der Waals surface area contributed by atoms with E-state index in [-0.39, 0.29) is 23.9 Å². The third-order valence-corrected chi connectivity index (χ3v) is 4.62. The van der Waals surface area contributed by atoms with Crippen molar-refractivity contribution in [3.8, 4) is 5.75 Å². The lowest BCUT2D eigenvalue weighted by Gasteiger charge is -2.18. The van der Waals surface area contributed by atoms with Crippen molar-refractivity contribution in [2.24, 2.45) is 0 Å². The smallest absolute Gasteiger partial charge is 0.315 e. The summed E-state index contributed by atoms with van der Waals surface area (Å²) in [6.07, 6.45) is 3.72. The van der Waals surface area contributed by atoms with Crippen LogP contribution in [0.4, 0.5) is 4.79 Å². The summed E-state index contributed by atoms with van der Waals surface area (Å²) in [7, 11) is 0. The van der Waals surface area contributed by atoms with Gasteiger partial charge in [-0.05, 0) is 61.4 Å². The van der Waals surface area contributed by atoms with Gasteiger partial charge in [-0.1, -0.05) is 36.4 Å². The first kappa shape index (κ1) is 16.4. The second-order valence-electron chi connectivity index (χ2n) is 6.51. The lowest BCUT2D eigenvalue weighted by molar-refractivity contribution is 0.233. The van der Waals surface area contributed by atoms with Gasteiger partial charge in [-0.3, -0.25) is 0 Å². The van der Waals surface area contributed by atoms with Crippen LogP contribution in [-0.4, -0.2) is 17.2 Å². The molecule has 0 heterocycles. The van der Waals surface area contributed by atoms with Crippen molar-refractivity contribution < 1.29 is 9.90 Å². The highest BCUT2D eigenvalue weighted by Crippen LogP contribution is 2.30. The third kappa shape index (κ3) is 4.07. The molecular formula is C20H24N2O2. The van der Waals surface area contributed by atoms with Crippen LogP contribution in [0.1, 0.15) is 42.5 Å². The van der Waals surface area contributed by atoms with Crippen LogP contribution in [0, 0.1) is 0 Å². The molecule has 0 bridgehead atoms. The zero-order chi connectivity index (χ0) is 16.9. The second kappa shape index (κ2) is 7.39. The van der Waals surface area contributed by atoms with E-state index in [9.17, 15) is 9.90 Å². The number of benzene rings is 2.